The van der Waals surface area contributed by atoms with E-state index in [9.17, 15) is 4.79 Å². The summed E-state index contributed by atoms with van der Waals surface area (Å²) >= 11 is 0. The van der Waals surface area contributed by atoms with Crippen molar-refractivity contribution < 1.29 is 4.79 Å². The first-order valence-corrected chi connectivity index (χ1v) is 8.45. The van der Waals surface area contributed by atoms with Crippen LogP contribution in [-0.2, 0) is 11.8 Å². The van der Waals surface area contributed by atoms with Gasteiger partial charge in [-0.15, -0.1) is 0 Å². The Morgan fingerprint density at radius 3 is 2.67 bits per heavy atom. The van der Waals surface area contributed by atoms with Gasteiger partial charge in [-0.2, -0.15) is 5.10 Å². The van der Waals surface area contributed by atoms with Crippen LogP contribution in [0.15, 0.2) is 24.8 Å². The maximum atomic E-state index is 12.6. The van der Waals surface area contributed by atoms with Crippen molar-refractivity contribution in [1.29, 1.82) is 0 Å². The first kappa shape index (κ1) is 16.6. The molecule has 0 aromatic carbocycles. The largest absolute Gasteiger partial charge is 0.342 e. The molecule has 0 saturated carbocycles. The van der Waals surface area contributed by atoms with Crippen molar-refractivity contribution in [1.82, 2.24) is 24.6 Å². The van der Waals surface area contributed by atoms with Crippen molar-refractivity contribution in [2.24, 2.45) is 12.5 Å². The summed E-state index contributed by atoms with van der Waals surface area (Å²) < 4.78 is 1.77. The van der Waals surface area contributed by atoms with E-state index >= 15 is 0 Å². The number of carbonyl (C=O) groups excluding carboxylic acids is 1. The summed E-state index contributed by atoms with van der Waals surface area (Å²) in [6, 6.07) is 0. The van der Waals surface area contributed by atoms with Crippen LogP contribution in [0.25, 0.3) is 11.3 Å². The third-order valence-corrected chi connectivity index (χ3v) is 4.44. The highest BCUT2D eigenvalue weighted by Crippen LogP contribution is 2.33. The quantitative estimate of drug-likeness (QED) is 0.850. The number of amides is 1. The molecule has 0 bridgehead atoms. The molecule has 3 heterocycles. The lowest BCUT2D eigenvalue weighted by Crippen LogP contribution is -2.44. The predicted octanol–water partition coefficient (Wildman–Crippen LogP) is 2.63. The van der Waals surface area contributed by atoms with Crippen LogP contribution < -0.4 is 0 Å². The molecule has 0 N–H and O–H groups in total. The van der Waals surface area contributed by atoms with E-state index < -0.39 is 0 Å². The summed E-state index contributed by atoms with van der Waals surface area (Å²) in [7, 11) is 1.89. The van der Waals surface area contributed by atoms with Gasteiger partial charge in [-0.25, -0.2) is 0 Å². The van der Waals surface area contributed by atoms with E-state index in [4.69, 9.17) is 0 Å². The summed E-state index contributed by atoms with van der Waals surface area (Å²) in [6.45, 7) is 7.46. The number of hydrogen-bond acceptors (Lipinski definition) is 4. The Hall–Kier alpha value is -2.24. The van der Waals surface area contributed by atoms with Gasteiger partial charge in [-0.05, 0) is 12.8 Å². The minimum absolute atomic E-state index is 0.207. The fourth-order valence-electron chi connectivity index (χ4n) is 3.27. The lowest BCUT2D eigenvalue weighted by molar-refractivity contribution is -0.140. The number of hydrogen-bond donors (Lipinski definition) is 0. The van der Waals surface area contributed by atoms with Crippen molar-refractivity contribution in [3.8, 4) is 11.3 Å². The first-order chi connectivity index (χ1) is 11.4. The summed E-state index contributed by atoms with van der Waals surface area (Å²) in [6.07, 6.45) is 9.24. The molecule has 2 aromatic heterocycles. The second-order valence-corrected chi connectivity index (χ2v) is 7.53. The zero-order valence-electron chi connectivity index (χ0n) is 14.9. The van der Waals surface area contributed by atoms with Crippen molar-refractivity contribution in [3.05, 3.63) is 30.5 Å². The number of carbonyl (C=O) groups is 1. The lowest BCUT2D eigenvalue weighted by atomic mass is 9.88. The van der Waals surface area contributed by atoms with Crippen LogP contribution in [0, 0.1) is 5.41 Å². The SMILES string of the molecule is Cn1cc(-c2nccnc2[C@H]2CCCN(C(=O)C(C)(C)C)C2)cn1. The van der Waals surface area contributed by atoms with E-state index in [1.165, 1.54) is 0 Å². The number of likely N-dealkylation sites (tertiary alicyclic amines) is 1. The van der Waals surface area contributed by atoms with Gasteiger partial charge in [0, 0.05) is 55.6 Å². The van der Waals surface area contributed by atoms with Crippen molar-refractivity contribution in [2.75, 3.05) is 13.1 Å². The summed E-state index contributed by atoms with van der Waals surface area (Å²) in [4.78, 5) is 23.8. The molecule has 1 aliphatic rings. The maximum Gasteiger partial charge on any atom is 0.227 e. The average molecular weight is 327 g/mol. The van der Waals surface area contributed by atoms with E-state index in [1.807, 2.05) is 45.1 Å². The molecule has 0 unspecified atom stereocenters. The molecule has 6 nitrogen and oxygen atoms in total. The highest BCUT2D eigenvalue weighted by Gasteiger charge is 2.33. The zero-order valence-corrected chi connectivity index (χ0v) is 14.9. The van der Waals surface area contributed by atoms with Crippen LogP contribution in [0.2, 0.25) is 0 Å². The molecule has 3 rings (SSSR count). The number of nitrogens with zero attached hydrogens (tertiary/aromatic N) is 5. The van der Waals surface area contributed by atoms with Gasteiger partial charge >= 0.3 is 0 Å². The molecule has 0 aliphatic carbocycles. The molecule has 24 heavy (non-hydrogen) atoms. The highest BCUT2D eigenvalue weighted by atomic mass is 16.2. The number of aryl methyl sites for hydroxylation is 1. The van der Waals surface area contributed by atoms with Gasteiger partial charge in [-0.1, -0.05) is 20.8 Å². The Morgan fingerprint density at radius 2 is 2.00 bits per heavy atom. The molecule has 0 radical (unpaired) electrons. The number of piperidine rings is 1. The Labute approximate surface area is 142 Å². The van der Waals surface area contributed by atoms with Crippen LogP contribution >= 0.6 is 0 Å². The Kier molecular flexibility index (Phi) is 4.39. The van der Waals surface area contributed by atoms with Gasteiger partial charge in [0.05, 0.1) is 17.6 Å². The van der Waals surface area contributed by atoms with Gasteiger partial charge in [0.1, 0.15) is 0 Å². The van der Waals surface area contributed by atoms with Crippen molar-refractivity contribution >= 4 is 5.91 Å². The van der Waals surface area contributed by atoms with Crippen molar-refractivity contribution in [2.45, 2.75) is 39.5 Å². The third-order valence-electron chi connectivity index (χ3n) is 4.44. The molecule has 1 aliphatic heterocycles. The van der Waals surface area contributed by atoms with Crippen molar-refractivity contribution in [3.63, 3.8) is 0 Å². The van der Waals surface area contributed by atoms with E-state index in [2.05, 4.69) is 15.1 Å². The lowest BCUT2D eigenvalue weighted by Gasteiger charge is -2.36. The third kappa shape index (κ3) is 3.32. The minimum atomic E-state index is -0.351. The van der Waals surface area contributed by atoms with E-state index in [0.29, 0.717) is 6.54 Å². The van der Waals surface area contributed by atoms with Crippen LogP contribution in [0.5, 0.6) is 0 Å². The van der Waals surface area contributed by atoms with Gasteiger partial charge in [0.25, 0.3) is 0 Å². The van der Waals surface area contributed by atoms with Gasteiger partial charge in [-0.3, -0.25) is 19.4 Å². The average Bonchev–Trinajstić information content (AvgIpc) is 3.00. The summed E-state index contributed by atoms with van der Waals surface area (Å²) in [5.74, 6) is 0.424. The van der Waals surface area contributed by atoms with E-state index in [1.54, 1.807) is 17.1 Å². The molecule has 1 atom stereocenters. The van der Waals surface area contributed by atoms with E-state index in [0.717, 1.165) is 36.3 Å². The monoisotopic (exact) mass is 327 g/mol. The van der Waals surface area contributed by atoms with Gasteiger partial charge in [0.2, 0.25) is 5.91 Å². The molecule has 1 fully saturated rings. The zero-order chi connectivity index (χ0) is 17.3. The predicted molar refractivity (Wildman–Crippen MR) is 92.2 cm³/mol. The number of aromatic nitrogens is 4. The van der Waals surface area contributed by atoms with E-state index in [-0.39, 0.29) is 17.2 Å². The van der Waals surface area contributed by atoms with Gasteiger partial charge < -0.3 is 4.90 Å². The Bertz CT molecular complexity index is 731. The van der Waals surface area contributed by atoms with Crippen LogP contribution in [0.3, 0.4) is 0 Å². The minimum Gasteiger partial charge on any atom is -0.342 e. The van der Waals surface area contributed by atoms with Crippen LogP contribution in [0.1, 0.15) is 45.2 Å². The Morgan fingerprint density at radius 1 is 1.25 bits per heavy atom. The van der Waals surface area contributed by atoms with Crippen LogP contribution in [0.4, 0.5) is 0 Å². The first-order valence-electron chi connectivity index (χ1n) is 8.45. The number of rotatable bonds is 2. The smallest absolute Gasteiger partial charge is 0.227 e. The second kappa shape index (κ2) is 6.34. The molecular formula is C18H25N5O. The second-order valence-electron chi connectivity index (χ2n) is 7.53. The molecular weight excluding hydrogens is 302 g/mol. The molecule has 6 heteroatoms. The summed E-state index contributed by atoms with van der Waals surface area (Å²) in [5.41, 5.74) is 2.47. The topological polar surface area (TPSA) is 63.9 Å². The van der Waals surface area contributed by atoms with Gasteiger partial charge in [0.15, 0.2) is 0 Å². The fourth-order valence-corrected chi connectivity index (χ4v) is 3.27. The standard InChI is InChI=1S/C18H25N5O/c1-18(2,3)17(24)23-9-5-6-13(12-23)15-16(20-8-7-19-15)14-10-21-22(4)11-14/h7-8,10-11,13H,5-6,9,12H2,1-4H3/t13-/m0/s1. The fraction of sp³-hybridized carbons (Fsp3) is 0.556. The maximum absolute atomic E-state index is 12.6. The summed E-state index contributed by atoms with van der Waals surface area (Å²) in [5, 5.41) is 4.24. The normalized spacial score (nSPS) is 18.7. The highest BCUT2D eigenvalue weighted by molar-refractivity contribution is 5.81. The van der Waals surface area contributed by atoms with Crippen LogP contribution in [-0.4, -0.2) is 43.6 Å². The molecule has 2 aromatic rings. The molecule has 1 amide bonds. The Balaban J connectivity index is 1.88. The molecule has 1 saturated heterocycles. The molecule has 0 spiro atoms. The molecule has 128 valence electrons.